The van der Waals surface area contributed by atoms with Crippen LogP contribution in [0, 0.1) is 13.8 Å². The Labute approximate surface area is 176 Å². The Balaban J connectivity index is 0.000000758. The van der Waals surface area contributed by atoms with Crippen LogP contribution in [0.4, 0.5) is 0 Å². The summed E-state index contributed by atoms with van der Waals surface area (Å²) >= 11 is -0.826. The zero-order chi connectivity index (χ0) is 19.3. The van der Waals surface area contributed by atoms with Crippen molar-refractivity contribution >= 4 is 27.8 Å². The fourth-order valence-corrected chi connectivity index (χ4v) is 3.72. The van der Waals surface area contributed by atoms with Crippen LogP contribution < -0.4 is 0 Å². The quantitative estimate of drug-likeness (QED) is 0.340. The molecule has 0 saturated carbocycles. The molecule has 0 aliphatic carbocycles. The topological polar surface area (TPSA) is 0 Å². The van der Waals surface area contributed by atoms with Crippen molar-refractivity contribution in [1.82, 2.24) is 0 Å². The maximum atomic E-state index is 4.93. The molecule has 3 heteroatoms. The predicted octanol–water partition coefficient (Wildman–Crippen LogP) is 8.29. The van der Waals surface area contributed by atoms with E-state index in [0.717, 1.165) is 6.42 Å². The molecule has 0 saturated heterocycles. The van der Waals surface area contributed by atoms with Crippen LogP contribution in [-0.2, 0) is 27.3 Å². The summed E-state index contributed by atoms with van der Waals surface area (Å²) < 4.78 is 0. The molecule has 0 aliphatic rings. The molecule has 0 fully saturated rings. The van der Waals surface area contributed by atoms with E-state index in [-0.39, 0.29) is 0 Å². The van der Waals surface area contributed by atoms with E-state index in [9.17, 15) is 0 Å². The van der Waals surface area contributed by atoms with Gasteiger partial charge in [-0.1, -0.05) is 67.6 Å². The summed E-state index contributed by atoms with van der Waals surface area (Å²) in [6.07, 6.45) is 2.37. The number of fused-ring (bicyclic) bond motifs is 1. The third kappa shape index (κ3) is 5.28. The molecule has 3 rings (SSSR count). The average molecular weight is 466 g/mol. The third-order valence-corrected chi connectivity index (χ3v) is 4.65. The van der Waals surface area contributed by atoms with Gasteiger partial charge in [0.25, 0.3) is 0 Å². The van der Waals surface area contributed by atoms with Gasteiger partial charge in [-0.05, 0) is 31.7 Å². The molecule has 3 aromatic carbocycles. The van der Waals surface area contributed by atoms with Gasteiger partial charge >= 0.3 is 37.9 Å². The van der Waals surface area contributed by atoms with Crippen molar-refractivity contribution in [1.29, 1.82) is 0 Å². The standard InChI is InChI=1S/C23H27.2ClH.Zr/c1-6-7-18-13-19-8-9-21(15(2)3)23(22(19)14-18)20-11-16(4)10-17(5)12-20;;;/h8-15H,6-7H2,1-5H3;2*1H;/q-1;;;+2/p-2. The van der Waals surface area contributed by atoms with Gasteiger partial charge in [0.15, 0.2) is 0 Å². The Morgan fingerprint density at radius 2 is 1.62 bits per heavy atom. The van der Waals surface area contributed by atoms with Crippen molar-refractivity contribution in [3.8, 4) is 11.1 Å². The van der Waals surface area contributed by atoms with Gasteiger partial charge in [-0.2, -0.15) is 6.07 Å². The molecule has 3 aromatic rings. The van der Waals surface area contributed by atoms with E-state index < -0.39 is 20.8 Å². The van der Waals surface area contributed by atoms with Gasteiger partial charge in [0.2, 0.25) is 0 Å². The zero-order valence-electron chi connectivity index (χ0n) is 16.3. The van der Waals surface area contributed by atoms with Gasteiger partial charge in [-0.25, -0.2) is 0 Å². The zero-order valence-corrected chi connectivity index (χ0v) is 20.3. The molecule has 0 heterocycles. The van der Waals surface area contributed by atoms with E-state index in [1.165, 1.54) is 50.6 Å². The van der Waals surface area contributed by atoms with E-state index in [4.69, 9.17) is 17.0 Å². The van der Waals surface area contributed by atoms with Crippen LogP contribution in [0.25, 0.3) is 21.9 Å². The molecule has 26 heavy (non-hydrogen) atoms. The second-order valence-corrected chi connectivity index (χ2v) is 11.0. The first-order chi connectivity index (χ1) is 12.4. The summed E-state index contributed by atoms with van der Waals surface area (Å²) in [5, 5.41) is 2.80. The van der Waals surface area contributed by atoms with Gasteiger partial charge < -0.3 is 0 Å². The second-order valence-electron chi connectivity index (χ2n) is 7.25. The number of aryl methyl sites for hydroxylation is 3. The van der Waals surface area contributed by atoms with Gasteiger partial charge in [0, 0.05) is 0 Å². The van der Waals surface area contributed by atoms with Gasteiger partial charge in [0.1, 0.15) is 0 Å². The predicted molar refractivity (Wildman–Crippen MR) is 114 cm³/mol. The number of halogens is 2. The molecule has 0 nitrogen and oxygen atoms in total. The van der Waals surface area contributed by atoms with Crippen LogP contribution >= 0.6 is 17.0 Å². The Morgan fingerprint density at radius 1 is 1.00 bits per heavy atom. The van der Waals surface area contributed by atoms with Gasteiger partial charge in [-0.15, -0.1) is 34.5 Å². The summed E-state index contributed by atoms with van der Waals surface area (Å²) in [4.78, 5) is 0. The van der Waals surface area contributed by atoms with E-state index in [1.54, 1.807) is 0 Å². The summed E-state index contributed by atoms with van der Waals surface area (Å²) in [6.45, 7) is 11.2. The van der Waals surface area contributed by atoms with Crippen LogP contribution in [0.3, 0.4) is 0 Å². The fourth-order valence-electron chi connectivity index (χ4n) is 3.72. The number of benzene rings is 2. The molecule has 0 bridgehead atoms. The Bertz CT molecular complexity index is 842. The van der Waals surface area contributed by atoms with Crippen molar-refractivity contribution in [2.24, 2.45) is 0 Å². The first-order valence-electron chi connectivity index (χ1n) is 9.18. The minimum atomic E-state index is -0.826. The molecule has 138 valence electrons. The molecule has 0 radical (unpaired) electrons. The van der Waals surface area contributed by atoms with Crippen LogP contribution in [0.2, 0.25) is 0 Å². The fraction of sp³-hybridized carbons (Fsp3) is 0.348. The van der Waals surface area contributed by atoms with E-state index >= 15 is 0 Å². The third-order valence-electron chi connectivity index (χ3n) is 4.65. The molecule has 0 spiro atoms. The van der Waals surface area contributed by atoms with Crippen LogP contribution in [-0.4, -0.2) is 0 Å². The van der Waals surface area contributed by atoms with Crippen molar-refractivity contribution in [3.05, 3.63) is 64.7 Å². The van der Waals surface area contributed by atoms with E-state index in [2.05, 4.69) is 77.1 Å². The normalized spacial score (nSPS) is 10.8. The second kappa shape index (κ2) is 10.2. The Hall–Kier alpha value is -0.487. The molecule has 0 N–H and O–H groups in total. The summed E-state index contributed by atoms with van der Waals surface area (Å²) in [7, 11) is 9.87. The molecular formula is C23H27Cl2Zr-. The SMILES string of the molecule is CCCc1cc2c(-c3cc(C)cc(C)c3)c(C(C)C)ccc2[cH-]1.[Cl][Zr][Cl]. The van der Waals surface area contributed by atoms with Crippen molar-refractivity contribution in [2.75, 3.05) is 0 Å². The Kier molecular flexibility index (Phi) is 8.53. The van der Waals surface area contributed by atoms with Gasteiger partial charge in [0.05, 0.1) is 0 Å². The molecule has 0 atom stereocenters. The Morgan fingerprint density at radius 3 is 2.15 bits per heavy atom. The van der Waals surface area contributed by atoms with E-state index in [0.29, 0.717) is 5.92 Å². The molecule has 0 aromatic heterocycles. The molecule has 0 amide bonds. The summed E-state index contributed by atoms with van der Waals surface area (Å²) in [6, 6.07) is 16.3. The number of hydrogen-bond acceptors (Lipinski definition) is 0. The number of hydrogen-bond donors (Lipinski definition) is 0. The van der Waals surface area contributed by atoms with Gasteiger partial charge in [-0.3, -0.25) is 0 Å². The summed E-state index contributed by atoms with van der Waals surface area (Å²) in [5.41, 5.74) is 8.40. The number of rotatable bonds is 4. The van der Waals surface area contributed by atoms with Crippen molar-refractivity contribution < 1.29 is 20.8 Å². The molecular weight excluding hydrogens is 438 g/mol. The minimum absolute atomic E-state index is 0.528. The first-order valence-corrected chi connectivity index (χ1v) is 15.5. The van der Waals surface area contributed by atoms with Crippen LogP contribution in [0.1, 0.15) is 55.4 Å². The van der Waals surface area contributed by atoms with Crippen LogP contribution in [0.5, 0.6) is 0 Å². The molecule has 0 aliphatic heterocycles. The average Bonchev–Trinajstić information content (AvgIpc) is 2.96. The molecule has 0 unspecified atom stereocenters. The summed E-state index contributed by atoms with van der Waals surface area (Å²) in [5.74, 6) is 0.528. The monoisotopic (exact) mass is 463 g/mol. The van der Waals surface area contributed by atoms with E-state index in [1.807, 2.05) is 0 Å². The van der Waals surface area contributed by atoms with Crippen molar-refractivity contribution in [3.63, 3.8) is 0 Å². The maximum absolute atomic E-state index is 4.93. The first kappa shape index (κ1) is 21.8. The van der Waals surface area contributed by atoms with Crippen LogP contribution in [0.15, 0.2) is 42.5 Å². The van der Waals surface area contributed by atoms with Crippen molar-refractivity contribution in [2.45, 2.75) is 53.4 Å².